The van der Waals surface area contributed by atoms with Crippen molar-refractivity contribution in [3.8, 4) is 0 Å². The van der Waals surface area contributed by atoms with Gasteiger partial charge in [-0.1, -0.05) is 90.4 Å². The maximum atomic E-state index is 11.9. The first-order valence-electron chi connectivity index (χ1n) is 10.8. The number of carbonyl (C=O) groups is 2. The molecule has 0 saturated heterocycles. The number of hydrazine groups is 1. The summed E-state index contributed by atoms with van der Waals surface area (Å²) in [5.74, 6) is 0.0306. The van der Waals surface area contributed by atoms with Crippen LogP contribution in [0.25, 0.3) is 0 Å². The van der Waals surface area contributed by atoms with E-state index in [-0.39, 0.29) is 17.7 Å². The zero-order valence-corrected chi connectivity index (χ0v) is 16.4. The highest BCUT2D eigenvalue weighted by atomic mass is 16.2. The summed E-state index contributed by atoms with van der Waals surface area (Å²) in [4.78, 5) is 23.7. The van der Waals surface area contributed by atoms with Gasteiger partial charge in [0.05, 0.1) is 0 Å². The molecule has 0 aromatic rings. The van der Waals surface area contributed by atoms with E-state index in [2.05, 4.69) is 17.8 Å². The third-order valence-corrected chi connectivity index (χ3v) is 5.31. The molecule has 4 nitrogen and oxygen atoms in total. The van der Waals surface area contributed by atoms with Crippen LogP contribution in [-0.4, -0.2) is 11.8 Å². The lowest BCUT2D eigenvalue weighted by molar-refractivity contribution is -0.131. The van der Waals surface area contributed by atoms with Crippen LogP contribution < -0.4 is 10.9 Å². The molecule has 2 amide bonds. The van der Waals surface area contributed by atoms with Crippen LogP contribution in [0.2, 0.25) is 0 Å². The quantitative estimate of drug-likeness (QED) is 0.344. The first kappa shape index (κ1) is 22.0. The summed E-state index contributed by atoms with van der Waals surface area (Å²) in [6.45, 7) is 2.25. The molecule has 0 unspecified atom stereocenters. The summed E-state index contributed by atoms with van der Waals surface area (Å²) in [6.07, 6.45) is 20.0. The standard InChI is InChI=1S/C21H40N2O2/c1-2-3-4-5-6-7-8-9-10-11-15-18-20(24)22-23-21(25)19-16-13-12-14-17-19/h19H,2-18H2,1H3,(H,22,24)(H,23,25). The van der Waals surface area contributed by atoms with Crippen LogP contribution in [-0.2, 0) is 9.59 Å². The number of amides is 2. The summed E-state index contributed by atoms with van der Waals surface area (Å²) in [5.41, 5.74) is 5.18. The Balaban J connectivity index is 1.86. The van der Waals surface area contributed by atoms with Crippen molar-refractivity contribution in [2.75, 3.05) is 0 Å². The molecular formula is C21H40N2O2. The summed E-state index contributed by atoms with van der Waals surface area (Å²) in [7, 11) is 0. The average molecular weight is 353 g/mol. The van der Waals surface area contributed by atoms with Crippen LogP contribution >= 0.6 is 0 Å². The molecule has 0 aromatic carbocycles. The molecule has 1 aliphatic rings. The average Bonchev–Trinajstić information content (AvgIpc) is 2.65. The molecule has 25 heavy (non-hydrogen) atoms. The Hall–Kier alpha value is -1.06. The van der Waals surface area contributed by atoms with E-state index in [1.807, 2.05) is 0 Å². The highest BCUT2D eigenvalue weighted by Gasteiger charge is 2.21. The van der Waals surface area contributed by atoms with Crippen LogP contribution in [0.1, 0.15) is 116 Å². The van der Waals surface area contributed by atoms with Gasteiger partial charge in [0.1, 0.15) is 0 Å². The second-order valence-electron chi connectivity index (χ2n) is 7.66. The van der Waals surface area contributed by atoms with E-state index >= 15 is 0 Å². The van der Waals surface area contributed by atoms with Crippen molar-refractivity contribution in [2.45, 2.75) is 116 Å². The molecule has 1 rings (SSSR count). The number of hydrogen-bond donors (Lipinski definition) is 2. The van der Waals surface area contributed by atoms with Crippen molar-refractivity contribution in [3.63, 3.8) is 0 Å². The Morgan fingerprint density at radius 2 is 1.24 bits per heavy atom. The summed E-state index contributed by atoms with van der Waals surface area (Å²) >= 11 is 0. The van der Waals surface area contributed by atoms with Gasteiger partial charge in [-0.25, -0.2) is 0 Å². The third-order valence-electron chi connectivity index (χ3n) is 5.31. The molecule has 0 aromatic heterocycles. The monoisotopic (exact) mass is 352 g/mol. The van der Waals surface area contributed by atoms with Crippen molar-refractivity contribution in [2.24, 2.45) is 5.92 Å². The third kappa shape index (κ3) is 12.0. The number of rotatable bonds is 13. The molecule has 1 fully saturated rings. The zero-order chi connectivity index (χ0) is 18.2. The first-order chi connectivity index (χ1) is 12.2. The Morgan fingerprint density at radius 1 is 0.720 bits per heavy atom. The van der Waals surface area contributed by atoms with Gasteiger partial charge >= 0.3 is 0 Å². The van der Waals surface area contributed by atoms with Gasteiger partial charge < -0.3 is 0 Å². The molecule has 0 aliphatic heterocycles. The molecule has 0 heterocycles. The minimum atomic E-state index is -0.0555. The van der Waals surface area contributed by atoms with E-state index in [9.17, 15) is 9.59 Å². The second kappa shape index (κ2) is 15.2. The molecule has 1 aliphatic carbocycles. The van der Waals surface area contributed by atoms with Crippen LogP contribution in [0.3, 0.4) is 0 Å². The lowest BCUT2D eigenvalue weighted by Gasteiger charge is -2.20. The Morgan fingerprint density at radius 3 is 1.80 bits per heavy atom. The smallest absolute Gasteiger partial charge is 0.241 e. The SMILES string of the molecule is CCCCCCCCCCCCCC(=O)NNC(=O)C1CCCCC1. The molecular weight excluding hydrogens is 312 g/mol. The van der Waals surface area contributed by atoms with Gasteiger partial charge in [-0.3, -0.25) is 20.4 Å². The molecule has 0 radical (unpaired) electrons. The number of nitrogens with one attached hydrogen (secondary N) is 2. The Kier molecular flexibility index (Phi) is 13.4. The largest absolute Gasteiger partial charge is 0.273 e. The van der Waals surface area contributed by atoms with Gasteiger partial charge in [0.15, 0.2) is 0 Å². The minimum absolute atomic E-state index is 0.00742. The minimum Gasteiger partial charge on any atom is -0.273 e. The lowest BCUT2D eigenvalue weighted by Crippen LogP contribution is -2.44. The van der Waals surface area contributed by atoms with Gasteiger partial charge in [-0.2, -0.15) is 0 Å². The highest BCUT2D eigenvalue weighted by Crippen LogP contribution is 2.23. The van der Waals surface area contributed by atoms with Crippen LogP contribution in [0.15, 0.2) is 0 Å². The molecule has 2 N–H and O–H groups in total. The fraction of sp³-hybridized carbons (Fsp3) is 0.905. The van der Waals surface area contributed by atoms with Crippen molar-refractivity contribution in [3.05, 3.63) is 0 Å². The molecule has 146 valence electrons. The van der Waals surface area contributed by atoms with Crippen molar-refractivity contribution in [1.82, 2.24) is 10.9 Å². The Bertz CT molecular complexity index is 352. The number of carbonyl (C=O) groups excluding carboxylic acids is 2. The molecule has 1 saturated carbocycles. The van der Waals surface area contributed by atoms with E-state index in [4.69, 9.17) is 0 Å². The predicted molar refractivity (Wildman–Crippen MR) is 104 cm³/mol. The summed E-state index contributed by atoms with van der Waals surface area (Å²) in [5, 5.41) is 0. The summed E-state index contributed by atoms with van der Waals surface area (Å²) < 4.78 is 0. The van der Waals surface area contributed by atoms with Crippen LogP contribution in [0, 0.1) is 5.92 Å². The molecule has 0 spiro atoms. The first-order valence-corrected chi connectivity index (χ1v) is 10.8. The van der Waals surface area contributed by atoms with Crippen LogP contribution in [0.4, 0.5) is 0 Å². The number of hydrogen-bond acceptors (Lipinski definition) is 2. The topological polar surface area (TPSA) is 58.2 Å². The molecule has 4 heteroatoms. The van der Waals surface area contributed by atoms with E-state index in [0.29, 0.717) is 6.42 Å². The normalized spacial score (nSPS) is 15.1. The number of unbranched alkanes of at least 4 members (excludes halogenated alkanes) is 10. The fourth-order valence-electron chi connectivity index (χ4n) is 3.61. The van der Waals surface area contributed by atoms with E-state index in [1.54, 1.807) is 0 Å². The maximum absolute atomic E-state index is 11.9. The molecule has 0 atom stereocenters. The van der Waals surface area contributed by atoms with Gasteiger partial charge in [0.2, 0.25) is 11.8 Å². The maximum Gasteiger partial charge on any atom is 0.241 e. The zero-order valence-electron chi connectivity index (χ0n) is 16.4. The van der Waals surface area contributed by atoms with Crippen molar-refractivity contribution >= 4 is 11.8 Å². The van der Waals surface area contributed by atoms with E-state index in [0.717, 1.165) is 38.5 Å². The van der Waals surface area contributed by atoms with Gasteiger partial charge in [0, 0.05) is 12.3 Å². The molecule has 0 bridgehead atoms. The van der Waals surface area contributed by atoms with Gasteiger partial charge in [-0.05, 0) is 19.3 Å². The van der Waals surface area contributed by atoms with Gasteiger partial charge in [-0.15, -0.1) is 0 Å². The Labute approximate surface area is 154 Å². The lowest BCUT2D eigenvalue weighted by atomic mass is 9.89. The second-order valence-corrected chi connectivity index (χ2v) is 7.66. The van der Waals surface area contributed by atoms with Crippen molar-refractivity contribution < 1.29 is 9.59 Å². The van der Waals surface area contributed by atoms with Gasteiger partial charge in [0.25, 0.3) is 0 Å². The summed E-state index contributed by atoms with van der Waals surface area (Å²) in [6, 6.07) is 0. The highest BCUT2D eigenvalue weighted by molar-refractivity contribution is 5.83. The van der Waals surface area contributed by atoms with Crippen molar-refractivity contribution in [1.29, 1.82) is 0 Å². The van der Waals surface area contributed by atoms with E-state index in [1.165, 1.54) is 64.2 Å². The van der Waals surface area contributed by atoms with E-state index < -0.39 is 0 Å². The predicted octanol–water partition coefficient (Wildman–Crippen LogP) is 5.42. The fourth-order valence-corrected chi connectivity index (χ4v) is 3.61. The van der Waals surface area contributed by atoms with Crippen LogP contribution in [0.5, 0.6) is 0 Å².